The zero-order chi connectivity index (χ0) is 13.3. The highest BCUT2D eigenvalue weighted by molar-refractivity contribution is 8.47. The van der Waals surface area contributed by atoms with Gasteiger partial charge in [0.2, 0.25) is 0 Å². The number of rotatable bonds is 10. The minimum Gasteiger partial charge on any atom is -0.359 e. The Balaban J connectivity index is 4.39. The van der Waals surface area contributed by atoms with Gasteiger partial charge >= 0.3 is 0 Å². The zero-order valence-electron chi connectivity index (χ0n) is 12.4. The average molecular weight is 295 g/mol. The zero-order valence-corrected chi connectivity index (χ0v) is 15.4. The summed E-state index contributed by atoms with van der Waals surface area (Å²) in [5.41, 5.74) is 0. The molecule has 104 valence electrons. The Morgan fingerprint density at radius 2 is 1.71 bits per heavy atom. The largest absolute Gasteiger partial charge is 0.359 e. The second-order valence-electron chi connectivity index (χ2n) is 5.15. The molecule has 0 bridgehead atoms. The molecule has 0 aliphatic carbocycles. The van der Waals surface area contributed by atoms with Gasteiger partial charge in [-0.1, -0.05) is 46.2 Å². The maximum Gasteiger partial charge on any atom is 0.159 e. The maximum absolute atomic E-state index is 5.51. The van der Waals surface area contributed by atoms with E-state index in [9.17, 15) is 0 Å². The monoisotopic (exact) mass is 294 g/mol. The lowest BCUT2D eigenvalue weighted by molar-refractivity contribution is -0.0451. The summed E-state index contributed by atoms with van der Waals surface area (Å²) in [5.74, 6) is 0.0911. The van der Waals surface area contributed by atoms with E-state index in [-0.39, 0.29) is 5.91 Å². The molecule has 0 saturated carbocycles. The van der Waals surface area contributed by atoms with Crippen molar-refractivity contribution < 1.29 is 9.47 Å². The summed E-state index contributed by atoms with van der Waals surface area (Å²) < 4.78 is 11.0. The van der Waals surface area contributed by atoms with Crippen molar-refractivity contribution in [3.8, 4) is 0 Å². The molecule has 0 amide bonds. The van der Waals surface area contributed by atoms with Gasteiger partial charge in [-0.2, -0.15) is 0 Å². The van der Waals surface area contributed by atoms with Crippen LogP contribution in [0, 0.1) is 0 Å². The van der Waals surface area contributed by atoms with E-state index in [0.29, 0.717) is 0 Å². The quantitative estimate of drug-likeness (QED) is 0.448. The summed E-state index contributed by atoms with van der Waals surface area (Å²) >= 11 is 0. The molecule has 0 aliphatic rings. The highest BCUT2D eigenvalue weighted by Crippen LogP contribution is 2.32. The van der Waals surface area contributed by atoms with Crippen LogP contribution in [0.4, 0.5) is 0 Å². The van der Waals surface area contributed by atoms with Gasteiger partial charge in [0.15, 0.2) is 7.95 Å². The number of unbranched alkanes of at least 4 members (excludes halogenated alkanes) is 1. The lowest BCUT2D eigenvalue weighted by Gasteiger charge is -2.30. The average Bonchev–Trinajstić information content (AvgIpc) is 2.28. The van der Waals surface area contributed by atoms with Crippen molar-refractivity contribution in [1.82, 2.24) is 0 Å². The van der Waals surface area contributed by atoms with Gasteiger partial charge in [-0.3, -0.25) is 0 Å². The number of methoxy groups -OCH3 is 2. The molecule has 0 rings (SSSR count). The van der Waals surface area contributed by atoms with Gasteiger partial charge < -0.3 is 9.47 Å². The van der Waals surface area contributed by atoms with Crippen molar-refractivity contribution in [3.05, 3.63) is 0 Å². The van der Waals surface area contributed by atoms with Gasteiger partial charge in [-0.05, 0) is 12.1 Å². The first-order chi connectivity index (χ1) is 8.00. The van der Waals surface area contributed by atoms with Crippen molar-refractivity contribution in [2.24, 2.45) is 0 Å². The molecule has 17 heavy (non-hydrogen) atoms. The second-order valence-corrected chi connectivity index (χ2v) is 19.6. The van der Waals surface area contributed by atoms with E-state index in [1.807, 2.05) is 0 Å². The van der Waals surface area contributed by atoms with E-state index >= 15 is 0 Å². The minimum absolute atomic E-state index is 0.0911. The third kappa shape index (κ3) is 7.67. The molecule has 0 radical (unpaired) electrons. The summed E-state index contributed by atoms with van der Waals surface area (Å²) in [5, 5.41) is 0. The van der Waals surface area contributed by atoms with Crippen LogP contribution in [0.1, 0.15) is 33.1 Å². The molecule has 0 heterocycles. The topological polar surface area (TPSA) is 18.5 Å². The fraction of sp³-hybridized carbons (Fsp3) is 1.00. The Kier molecular flexibility index (Phi) is 10.0. The maximum atomic E-state index is 5.51. The highest BCUT2D eigenvalue weighted by Gasteiger charge is 2.31. The molecule has 1 unspecified atom stereocenters. The Morgan fingerprint density at radius 1 is 1.12 bits per heavy atom. The first-order valence-electron chi connectivity index (χ1n) is 6.74. The van der Waals surface area contributed by atoms with Crippen LogP contribution in [0.25, 0.3) is 0 Å². The van der Waals surface area contributed by atoms with Gasteiger partial charge in [0.1, 0.15) is 13.1 Å². The van der Waals surface area contributed by atoms with Gasteiger partial charge in [-0.15, -0.1) is 0 Å². The molecule has 0 fully saturated rings. The molecule has 0 aromatic carbocycles. The van der Waals surface area contributed by atoms with Crippen LogP contribution in [0.2, 0.25) is 25.2 Å². The van der Waals surface area contributed by atoms with Crippen molar-refractivity contribution in [2.45, 2.75) is 64.2 Å². The minimum atomic E-state index is -1.10. The standard InChI is InChI=1S/C12H30O2SSi2/c1-7-9-11-17(5,6)15-16(10-8-2)12(13-3)14-4/h12,16H,7-11H2,1-6H3. The summed E-state index contributed by atoms with van der Waals surface area (Å²) in [7, 11) is 3.78. The van der Waals surface area contributed by atoms with Crippen molar-refractivity contribution in [1.29, 1.82) is 0 Å². The fourth-order valence-corrected chi connectivity index (χ4v) is 21.6. The van der Waals surface area contributed by atoms with E-state index in [4.69, 9.17) is 9.47 Å². The normalized spacial score (nSPS) is 14.3. The second kappa shape index (κ2) is 9.61. The summed E-state index contributed by atoms with van der Waals surface area (Å²) in [4.78, 5) is 0. The molecule has 5 heteroatoms. The smallest absolute Gasteiger partial charge is 0.159 e. The van der Waals surface area contributed by atoms with Crippen LogP contribution >= 0.6 is 10.7 Å². The van der Waals surface area contributed by atoms with E-state index in [1.54, 1.807) is 14.2 Å². The summed E-state index contributed by atoms with van der Waals surface area (Å²) in [6, 6.07) is 2.75. The third-order valence-electron chi connectivity index (χ3n) is 2.94. The van der Waals surface area contributed by atoms with Gasteiger partial charge in [0.05, 0.1) is 0 Å². The van der Waals surface area contributed by atoms with Crippen LogP contribution < -0.4 is 0 Å². The van der Waals surface area contributed by atoms with E-state index in [2.05, 4.69) is 37.6 Å². The van der Waals surface area contributed by atoms with Gasteiger partial charge in [0, 0.05) is 14.2 Å². The van der Waals surface area contributed by atoms with E-state index < -0.39 is 15.2 Å². The van der Waals surface area contributed by atoms with Crippen LogP contribution in [-0.4, -0.2) is 35.3 Å². The number of hydrogen-bond acceptors (Lipinski definition) is 3. The van der Waals surface area contributed by atoms with Crippen LogP contribution in [0.15, 0.2) is 0 Å². The Bertz CT molecular complexity index is 187. The molecule has 2 nitrogen and oxygen atoms in total. The molecule has 0 spiro atoms. The lowest BCUT2D eigenvalue weighted by Crippen LogP contribution is -2.37. The number of hydrogen-bond donors (Lipinski definition) is 0. The van der Waals surface area contributed by atoms with Gasteiger partial charge in [0.25, 0.3) is 0 Å². The predicted molar refractivity (Wildman–Crippen MR) is 84.8 cm³/mol. The number of ether oxygens (including phenoxy) is 2. The third-order valence-corrected chi connectivity index (χ3v) is 21.0. The molecule has 0 aliphatic heterocycles. The summed E-state index contributed by atoms with van der Waals surface area (Å²) in [6.07, 6.45) is 3.95. The Morgan fingerprint density at radius 3 is 2.12 bits per heavy atom. The summed E-state index contributed by atoms with van der Waals surface area (Å²) in [6.45, 7) is 9.56. The van der Waals surface area contributed by atoms with Crippen LogP contribution in [0.5, 0.6) is 0 Å². The van der Waals surface area contributed by atoms with E-state index in [1.165, 1.54) is 31.4 Å². The molecule has 0 aromatic heterocycles. The lowest BCUT2D eigenvalue weighted by atomic mass is 10.4. The first-order valence-corrected chi connectivity index (χ1v) is 14.4. The van der Waals surface area contributed by atoms with Crippen molar-refractivity contribution in [3.63, 3.8) is 0 Å². The first kappa shape index (κ1) is 17.7. The molecule has 0 N–H and O–H groups in total. The fourth-order valence-electron chi connectivity index (χ4n) is 2.01. The SMILES string of the molecule is CCCC[Si](C)(C)S[SiH](CCC)C(OC)OC. The molecular formula is C12H30O2SSi2. The Labute approximate surface area is 114 Å². The molecular weight excluding hydrogens is 264 g/mol. The van der Waals surface area contributed by atoms with Crippen molar-refractivity contribution >= 4 is 25.8 Å². The molecule has 0 aromatic rings. The van der Waals surface area contributed by atoms with E-state index in [0.717, 1.165) is 0 Å². The predicted octanol–water partition coefficient (Wildman–Crippen LogP) is 4.02. The molecule has 0 saturated heterocycles. The van der Waals surface area contributed by atoms with Crippen molar-refractivity contribution in [2.75, 3.05) is 14.2 Å². The van der Waals surface area contributed by atoms with Gasteiger partial charge in [-0.25, -0.2) is 10.7 Å². The van der Waals surface area contributed by atoms with Crippen LogP contribution in [0.3, 0.4) is 0 Å². The van der Waals surface area contributed by atoms with Crippen LogP contribution in [-0.2, 0) is 9.47 Å². The Hall–Kier alpha value is 0.704. The molecule has 1 atom stereocenters. The highest BCUT2D eigenvalue weighted by atomic mass is 32.5.